The number of hydrogen-bond acceptors (Lipinski definition) is 6. The predicted octanol–water partition coefficient (Wildman–Crippen LogP) is -2.82. The minimum absolute atomic E-state index is 0.0922. The largest absolute Gasteiger partial charge is 0.395 e. The van der Waals surface area contributed by atoms with Crippen molar-refractivity contribution < 1.29 is 15.3 Å². The third-order valence-corrected chi connectivity index (χ3v) is 3.30. The fraction of sp³-hybridized carbons (Fsp3) is 0.600. The Morgan fingerprint density at radius 1 is 1.44 bits per heavy atom. The molecule has 4 unspecified atom stereocenters. The second-order valence-corrected chi connectivity index (χ2v) is 4.59. The lowest BCUT2D eigenvalue weighted by molar-refractivity contribution is -0.0579. The zero-order valence-corrected chi connectivity index (χ0v) is 9.67. The molecule has 8 nitrogen and oxygen atoms in total. The van der Waals surface area contributed by atoms with E-state index in [2.05, 4.69) is 10.3 Å². The first kappa shape index (κ1) is 13.0. The van der Waals surface area contributed by atoms with E-state index >= 15 is 0 Å². The van der Waals surface area contributed by atoms with Gasteiger partial charge in [0.05, 0.1) is 24.3 Å². The van der Waals surface area contributed by atoms with Crippen LogP contribution in [0.2, 0.25) is 0 Å². The van der Waals surface area contributed by atoms with Gasteiger partial charge in [-0.25, -0.2) is 4.79 Å². The lowest BCUT2D eigenvalue weighted by Gasteiger charge is -2.27. The van der Waals surface area contributed by atoms with E-state index < -0.39 is 35.0 Å². The van der Waals surface area contributed by atoms with Crippen molar-refractivity contribution in [2.24, 2.45) is 0 Å². The van der Waals surface area contributed by atoms with Gasteiger partial charge in [-0.15, -0.1) is 0 Å². The Labute approximate surface area is 101 Å². The number of rotatable bonds is 2. The van der Waals surface area contributed by atoms with Gasteiger partial charge in [-0.3, -0.25) is 15.1 Å². The molecule has 2 rings (SSSR count). The van der Waals surface area contributed by atoms with E-state index in [1.54, 1.807) is 0 Å². The van der Waals surface area contributed by atoms with Crippen molar-refractivity contribution in [3.63, 3.8) is 0 Å². The lowest BCUT2D eigenvalue weighted by Crippen LogP contribution is -2.44. The van der Waals surface area contributed by atoms with Crippen molar-refractivity contribution in [1.82, 2.24) is 15.3 Å². The molecule has 0 saturated carbocycles. The maximum Gasteiger partial charge on any atom is 0.325 e. The molecule has 0 bridgehead atoms. The Kier molecular flexibility index (Phi) is 3.11. The zero-order valence-electron chi connectivity index (χ0n) is 9.67. The third kappa shape index (κ3) is 1.89. The summed E-state index contributed by atoms with van der Waals surface area (Å²) in [5.74, 6) is 0. The van der Waals surface area contributed by atoms with Gasteiger partial charge in [0, 0.05) is 6.20 Å². The van der Waals surface area contributed by atoms with E-state index in [9.17, 15) is 19.8 Å². The number of aliphatic hydroxyl groups excluding tert-OH is 2. The number of hydrogen-bond donors (Lipinski definition) is 6. The highest BCUT2D eigenvalue weighted by atomic mass is 16.3. The molecule has 0 aliphatic carbocycles. The number of aliphatic hydroxyl groups is 3. The molecule has 8 heteroatoms. The lowest BCUT2D eigenvalue weighted by atomic mass is 9.89. The van der Waals surface area contributed by atoms with Crippen LogP contribution in [0.3, 0.4) is 0 Å². The van der Waals surface area contributed by atoms with Gasteiger partial charge in [0.15, 0.2) is 0 Å². The smallest absolute Gasteiger partial charge is 0.325 e. The fourth-order valence-electron chi connectivity index (χ4n) is 2.24. The fourth-order valence-corrected chi connectivity index (χ4v) is 2.24. The monoisotopic (exact) mass is 257 g/mol. The average Bonchev–Trinajstić information content (AvgIpc) is 2.52. The Bertz CT molecular complexity index is 549. The molecule has 1 aromatic heterocycles. The van der Waals surface area contributed by atoms with Crippen LogP contribution in [0.4, 0.5) is 0 Å². The summed E-state index contributed by atoms with van der Waals surface area (Å²) in [4.78, 5) is 26.9. The molecule has 0 aromatic carbocycles. The molecule has 1 aliphatic rings. The first-order valence-electron chi connectivity index (χ1n) is 5.47. The van der Waals surface area contributed by atoms with Crippen molar-refractivity contribution in [1.29, 1.82) is 0 Å². The van der Waals surface area contributed by atoms with Crippen molar-refractivity contribution in [3.8, 4) is 0 Å². The van der Waals surface area contributed by atoms with Crippen LogP contribution >= 0.6 is 0 Å². The highest BCUT2D eigenvalue weighted by Crippen LogP contribution is 2.34. The number of aromatic nitrogens is 2. The molecule has 6 N–H and O–H groups in total. The van der Waals surface area contributed by atoms with Gasteiger partial charge in [-0.1, -0.05) is 0 Å². The minimum Gasteiger partial charge on any atom is -0.395 e. The minimum atomic E-state index is -1.63. The molecular weight excluding hydrogens is 242 g/mol. The second kappa shape index (κ2) is 4.32. The first-order valence-corrected chi connectivity index (χ1v) is 5.47. The standard InChI is InChI=1S/C10H15N3O5/c1-10(18)6(12-5(3-14)7(10)15)4-2-11-9(17)13-8(4)16/h2,5-7,12,14-15,18H,3H2,1H3,(H2,11,13,16,17). The Balaban J connectivity index is 2.45. The summed E-state index contributed by atoms with van der Waals surface area (Å²) in [5, 5.41) is 31.9. The molecular formula is C10H15N3O5. The molecule has 0 amide bonds. The number of aromatic amines is 2. The molecule has 2 heterocycles. The van der Waals surface area contributed by atoms with Crippen LogP contribution in [0.25, 0.3) is 0 Å². The molecule has 18 heavy (non-hydrogen) atoms. The van der Waals surface area contributed by atoms with Gasteiger partial charge in [0.1, 0.15) is 11.7 Å². The van der Waals surface area contributed by atoms with Crippen LogP contribution in [0, 0.1) is 0 Å². The highest BCUT2D eigenvalue weighted by Gasteiger charge is 2.51. The maximum atomic E-state index is 11.6. The van der Waals surface area contributed by atoms with Gasteiger partial charge in [-0.2, -0.15) is 0 Å². The van der Waals surface area contributed by atoms with Gasteiger partial charge in [0.25, 0.3) is 5.56 Å². The number of nitrogens with one attached hydrogen (secondary N) is 3. The second-order valence-electron chi connectivity index (χ2n) is 4.59. The Morgan fingerprint density at radius 3 is 2.61 bits per heavy atom. The first-order chi connectivity index (χ1) is 8.37. The van der Waals surface area contributed by atoms with E-state index in [1.807, 2.05) is 4.98 Å². The van der Waals surface area contributed by atoms with Gasteiger partial charge >= 0.3 is 5.69 Å². The van der Waals surface area contributed by atoms with Gasteiger partial charge in [-0.05, 0) is 6.92 Å². The van der Waals surface area contributed by atoms with Crippen LogP contribution in [-0.4, -0.2) is 49.6 Å². The Hall–Kier alpha value is -1.48. The normalized spacial score (nSPS) is 35.9. The van der Waals surface area contributed by atoms with Crippen LogP contribution in [0.5, 0.6) is 0 Å². The zero-order chi connectivity index (χ0) is 13.5. The molecule has 4 atom stereocenters. The van der Waals surface area contributed by atoms with Crippen LogP contribution in [0.15, 0.2) is 15.8 Å². The van der Waals surface area contributed by atoms with E-state index in [0.29, 0.717) is 0 Å². The average molecular weight is 257 g/mol. The van der Waals surface area contributed by atoms with Crippen molar-refractivity contribution in [2.45, 2.75) is 30.7 Å². The predicted molar refractivity (Wildman–Crippen MR) is 61.1 cm³/mol. The van der Waals surface area contributed by atoms with E-state index in [1.165, 1.54) is 13.1 Å². The van der Waals surface area contributed by atoms with Crippen LogP contribution in [-0.2, 0) is 0 Å². The van der Waals surface area contributed by atoms with Gasteiger partial charge < -0.3 is 20.3 Å². The summed E-state index contributed by atoms with van der Waals surface area (Å²) in [6, 6.07) is -1.62. The van der Waals surface area contributed by atoms with E-state index in [0.717, 1.165) is 0 Å². The molecule has 0 radical (unpaired) electrons. The summed E-state index contributed by atoms with van der Waals surface area (Å²) in [6.07, 6.45) is -0.0430. The molecule has 1 saturated heterocycles. The molecule has 1 aliphatic heterocycles. The Morgan fingerprint density at radius 2 is 2.11 bits per heavy atom. The van der Waals surface area contributed by atoms with E-state index in [4.69, 9.17) is 5.11 Å². The molecule has 1 fully saturated rings. The topological polar surface area (TPSA) is 138 Å². The molecule has 100 valence electrons. The van der Waals surface area contributed by atoms with E-state index in [-0.39, 0.29) is 12.2 Å². The summed E-state index contributed by atoms with van der Waals surface area (Å²) in [5.41, 5.74) is -2.84. The summed E-state index contributed by atoms with van der Waals surface area (Å²) in [7, 11) is 0. The molecule has 1 aromatic rings. The van der Waals surface area contributed by atoms with Gasteiger partial charge in [0.2, 0.25) is 0 Å². The van der Waals surface area contributed by atoms with Crippen molar-refractivity contribution in [2.75, 3.05) is 6.61 Å². The van der Waals surface area contributed by atoms with Crippen LogP contribution < -0.4 is 16.6 Å². The third-order valence-electron chi connectivity index (χ3n) is 3.30. The highest BCUT2D eigenvalue weighted by molar-refractivity contribution is 5.21. The van der Waals surface area contributed by atoms with Crippen LogP contribution in [0.1, 0.15) is 18.5 Å². The quantitative estimate of drug-likeness (QED) is 0.338. The van der Waals surface area contributed by atoms with Crippen molar-refractivity contribution in [3.05, 3.63) is 32.6 Å². The SMILES string of the molecule is CC1(O)C(c2c[nH]c(=O)[nH]c2=O)NC(CO)C1O. The molecule has 0 spiro atoms. The maximum absolute atomic E-state index is 11.6. The van der Waals surface area contributed by atoms with Crippen molar-refractivity contribution >= 4 is 0 Å². The summed E-state index contributed by atoms with van der Waals surface area (Å²) in [6.45, 7) is 0.977. The number of H-pyrrole nitrogens is 2. The summed E-state index contributed by atoms with van der Waals surface area (Å²) >= 11 is 0. The summed E-state index contributed by atoms with van der Waals surface area (Å²) < 4.78 is 0.